The lowest BCUT2D eigenvalue weighted by molar-refractivity contribution is -0.144. The lowest BCUT2D eigenvalue weighted by Crippen LogP contribution is -2.46. The van der Waals surface area contributed by atoms with Crippen LogP contribution >= 0.6 is 0 Å². The van der Waals surface area contributed by atoms with Gasteiger partial charge in [-0.3, -0.25) is 9.59 Å². The van der Waals surface area contributed by atoms with Gasteiger partial charge >= 0.3 is 5.97 Å². The van der Waals surface area contributed by atoms with Gasteiger partial charge in [0.1, 0.15) is 0 Å². The van der Waals surface area contributed by atoms with E-state index in [1.165, 1.54) is 0 Å². The first-order valence-corrected chi connectivity index (χ1v) is 7.09. The number of amides is 1. The minimum absolute atomic E-state index is 0.0317. The third-order valence-corrected chi connectivity index (χ3v) is 5.18. The van der Waals surface area contributed by atoms with Crippen molar-refractivity contribution in [1.82, 2.24) is 4.90 Å². The van der Waals surface area contributed by atoms with Crippen LogP contribution in [0.15, 0.2) is 0 Å². The van der Waals surface area contributed by atoms with E-state index < -0.39 is 17.3 Å². The Hall–Kier alpha value is -1.10. The summed E-state index contributed by atoms with van der Waals surface area (Å²) in [5, 5.41) is 9.16. The molecule has 0 spiro atoms. The van der Waals surface area contributed by atoms with Crippen molar-refractivity contribution in [1.29, 1.82) is 0 Å². The van der Waals surface area contributed by atoms with Gasteiger partial charge in [-0.05, 0) is 32.1 Å². The minimum atomic E-state index is -0.794. The van der Waals surface area contributed by atoms with E-state index >= 15 is 0 Å². The number of carbonyl (C=O) groups is 2. The van der Waals surface area contributed by atoms with E-state index in [1.807, 2.05) is 13.8 Å². The minimum Gasteiger partial charge on any atom is -0.481 e. The predicted molar refractivity (Wildman–Crippen MR) is 67.5 cm³/mol. The first-order chi connectivity index (χ1) is 8.91. The zero-order chi connectivity index (χ0) is 13.8. The molecule has 3 aliphatic heterocycles. The van der Waals surface area contributed by atoms with Crippen LogP contribution in [0.4, 0.5) is 0 Å². The Morgan fingerprint density at radius 2 is 2.05 bits per heavy atom. The number of likely N-dealkylation sites (tertiary alicyclic amines) is 1. The second-order valence-corrected chi connectivity index (χ2v) is 6.58. The first kappa shape index (κ1) is 12.9. The fourth-order valence-electron chi connectivity index (χ4n) is 3.97. The Kier molecular flexibility index (Phi) is 2.85. The highest BCUT2D eigenvalue weighted by atomic mass is 16.5. The summed E-state index contributed by atoms with van der Waals surface area (Å²) in [5.41, 5.74) is -0.434. The summed E-state index contributed by atoms with van der Waals surface area (Å²) in [4.78, 5) is 25.6. The highest BCUT2D eigenvalue weighted by molar-refractivity contribution is 5.85. The summed E-state index contributed by atoms with van der Waals surface area (Å²) >= 11 is 0. The maximum absolute atomic E-state index is 12.7. The van der Waals surface area contributed by atoms with Crippen LogP contribution in [-0.2, 0) is 14.3 Å². The molecular formula is C14H21NO4. The topological polar surface area (TPSA) is 66.8 Å². The Morgan fingerprint density at radius 3 is 2.53 bits per heavy atom. The maximum Gasteiger partial charge on any atom is 0.308 e. The maximum atomic E-state index is 12.7. The van der Waals surface area contributed by atoms with Gasteiger partial charge in [-0.25, -0.2) is 0 Å². The standard InChI is InChI=1S/C14H21NO4/c1-8-6-15(7-10(8)12(16)17)13(18)14(2)5-9-3-4-11(14)19-9/h8-11H,3-7H2,1-2H3,(H,16,17)/t8-,9?,10-,11?,14?/m1/s1. The molecule has 3 aliphatic rings. The highest BCUT2D eigenvalue weighted by Gasteiger charge is 2.56. The third-order valence-electron chi connectivity index (χ3n) is 5.18. The van der Waals surface area contributed by atoms with Gasteiger partial charge in [-0.15, -0.1) is 0 Å². The number of hydrogen-bond acceptors (Lipinski definition) is 3. The van der Waals surface area contributed by atoms with E-state index in [2.05, 4.69) is 0 Å². The number of carboxylic acid groups (broad SMARTS) is 1. The molecule has 3 fully saturated rings. The fraction of sp³-hybridized carbons (Fsp3) is 0.857. The summed E-state index contributed by atoms with van der Waals surface area (Å²) in [6.45, 7) is 4.80. The molecule has 0 aromatic carbocycles. The van der Waals surface area contributed by atoms with E-state index in [9.17, 15) is 9.59 Å². The third kappa shape index (κ3) is 1.86. The molecule has 3 rings (SSSR count). The lowest BCUT2D eigenvalue weighted by atomic mass is 9.74. The van der Waals surface area contributed by atoms with E-state index in [-0.39, 0.29) is 24.0 Å². The molecule has 5 atom stereocenters. The van der Waals surface area contributed by atoms with Gasteiger partial charge < -0.3 is 14.7 Å². The summed E-state index contributed by atoms with van der Waals surface area (Å²) < 4.78 is 5.81. The number of rotatable bonds is 2. The normalized spacial score (nSPS) is 44.8. The zero-order valence-corrected chi connectivity index (χ0v) is 11.5. The van der Waals surface area contributed by atoms with Crippen LogP contribution in [0.1, 0.15) is 33.1 Å². The van der Waals surface area contributed by atoms with Crippen molar-refractivity contribution in [3.05, 3.63) is 0 Å². The number of carboxylic acids is 1. The van der Waals surface area contributed by atoms with E-state index in [4.69, 9.17) is 9.84 Å². The van der Waals surface area contributed by atoms with Crippen molar-refractivity contribution in [2.45, 2.75) is 45.3 Å². The average Bonchev–Trinajstić information content (AvgIpc) is 3.01. The van der Waals surface area contributed by atoms with Gasteiger partial charge in [-0.1, -0.05) is 6.92 Å². The van der Waals surface area contributed by atoms with Crippen LogP contribution < -0.4 is 0 Å². The van der Waals surface area contributed by atoms with Gasteiger partial charge in [0, 0.05) is 13.1 Å². The predicted octanol–water partition coefficient (Wildman–Crippen LogP) is 1.12. The SMILES string of the molecule is C[C@@H]1CN(C(=O)C2(C)CC3CCC2O3)C[C@H]1C(=O)O. The van der Waals surface area contributed by atoms with Gasteiger partial charge in [0.05, 0.1) is 23.5 Å². The fourth-order valence-corrected chi connectivity index (χ4v) is 3.97. The summed E-state index contributed by atoms with van der Waals surface area (Å²) in [5.74, 6) is -1.09. The summed E-state index contributed by atoms with van der Waals surface area (Å²) in [6, 6.07) is 0. The Morgan fingerprint density at radius 1 is 1.32 bits per heavy atom. The Labute approximate surface area is 112 Å². The molecule has 0 saturated carbocycles. The molecule has 0 aliphatic carbocycles. The summed E-state index contributed by atoms with van der Waals surface area (Å²) in [7, 11) is 0. The second kappa shape index (κ2) is 4.20. The molecule has 106 valence electrons. The molecule has 2 bridgehead atoms. The van der Waals surface area contributed by atoms with Crippen molar-refractivity contribution >= 4 is 11.9 Å². The molecule has 3 unspecified atom stereocenters. The van der Waals surface area contributed by atoms with Crippen LogP contribution in [0.2, 0.25) is 0 Å². The van der Waals surface area contributed by atoms with E-state index in [0.717, 1.165) is 19.3 Å². The first-order valence-electron chi connectivity index (χ1n) is 7.09. The van der Waals surface area contributed by atoms with Crippen LogP contribution in [0.3, 0.4) is 0 Å². The van der Waals surface area contributed by atoms with Gasteiger partial charge in [0.25, 0.3) is 0 Å². The molecular weight excluding hydrogens is 246 g/mol. The average molecular weight is 267 g/mol. The van der Waals surface area contributed by atoms with Gasteiger partial charge in [-0.2, -0.15) is 0 Å². The summed E-state index contributed by atoms with van der Waals surface area (Å²) in [6.07, 6.45) is 3.07. The molecule has 5 heteroatoms. The Bertz CT molecular complexity index is 424. The molecule has 1 N–H and O–H groups in total. The van der Waals surface area contributed by atoms with Crippen molar-refractivity contribution in [2.75, 3.05) is 13.1 Å². The molecule has 19 heavy (non-hydrogen) atoms. The number of fused-ring (bicyclic) bond motifs is 2. The number of aliphatic carboxylic acids is 1. The van der Waals surface area contributed by atoms with E-state index in [0.29, 0.717) is 13.1 Å². The van der Waals surface area contributed by atoms with Crippen molar-refractivity contribution in [3.8, 4) is 0 Å². The zero-order valence-electron chi connectivity index (χ0n) is 11.5. The molecule has 0 radical (unpaired) electrons. The number of hydrogen-bond donors (Lipinski definition) is 1. The lowest BCUT2D eigenvalue weighted by Gasteiger charge is -2.33. The largest absolute Gasteiger partial charge is 0.481 e. The quantitative estimate of drug-likeness (QED) is 0.814. The molecule has 1 amide bonds. The van der Waals surface area contributed by atoms with E-state index in [1.54, 1.807) is 4.90 Å². The Balaban J connectivity index is 1.73. The van der Waals surface area contributed by atoms with Crippen LogP contribution in [0, 0.1) is 17.3 Å². The number of carbonyl (C=O) groups excluding carboxylic acids is 1. The van der Waals surface area contributed by atoms with Crippen molar-refractivity contribution in [2.24, 2.45) is 17.3 Å². The second-order valence-electron chi connectivity index (χ2n) is 6.58. The monoisotopic (exact) mass is 267 g/mol. The molecule has 0 aromatic heterocycles. The molecule has 0 aromatic rings. The van der Waals surface area contributed by atoms with Crippen molar-refractivity contribution < 1.29 is 19.4 Å². The number of nitrogens with zero attached hydrogens (tertiary/aromatic N) is 1. The van der Waals surface area contributed by atoms with Crippen LogP contribution in [0.5, 0.6) is 0 Å². The van der Waals surface area contributed by atoms with Crippen molar-refractivity contribution in [3.63, 3.8) is 0 Å². The van der Waals surface area contributed by atoms with Crippen LogP contribution in [0.25, 0.3) is 0 Å². The highest BCUT2D eigenvalue weighted by Crippen LogP contribution is 2.49. The van der Waals surface area contributed by atoms with Gasteiger partial charge in [0.15, 0.2) is 0 Å². The molecule has 3 heterocycles. The molecule has 5 nitrogen and oxygen atoms in total. The van der Waals surface area contributed by atoms with Crippen LogP contribution in [-0.4, -0.2) is 47.2 Å². The smallest absolute Gasteiger partial charge is 0.308 e. The number of ether oxygens (including phenoxy) is 1. The molecule has 3 saturated heterocycles. The van der Waals surface area contributed by atoms with Gasteiger partial charge in [0.2, 0.25) is 5.91 Å².